The van der Waals surface area contributed by atoms with Crippen LogP contribution >= 0.6 is 11.6 Å². The molecule has 126 valence electrons. The Bertz CT molecular complexity index is 780. The van der Waals surface area contributed by atoms with Gasteiger partial charge in [0, 0.05) is 50.0 Å². The van der Waals surface area contributed by atoms with Crippen molar-refractivity contribution >= 4 is 17.7 Å². The highest BCUT2D eigenvalue weighted by atomic mass is 35.5. The zero-order valence-corrected chi connectivity index (χ0v) is 13.8. The highest BCUT2D eigenvalue weighted by Gasteiger charge is 2.21. The van der Waals surface area contributed by atoms with E-state index in [9.17, 15) is 9.59 Å². The molecule has 1 aromatic carbocycles. The summed E-state index contributed by atoms with van der Waals surface area (Å²) in [5.74, 6) is 0. The van der Waals surface area contributed by atoms with Crippen molar-refractivity contribution < 1.29 is 9.90 Å². The SMILES string of the molecule is O=C(O)N1CCN(Cc2c[nH]c(=O)cc2-c2ccc(Cl)cc2)CC1. The van der Waals surface area contributed by atoms with Crippen LogP contribution in [0.5, 0.6) is 0 Å². The molecule has 2 heterocycles. The third-order valence-electron chi connectivity index (χ3n) is 4.20. The maximum absolute atomic E-state index is 11.7. The number of H-pyrrole nitrogens is 1. The summed E-state index contributed by atoms with van der Waals surface area (Å²) in [4.78, 5) is 29.0. The second kappa shape index (κ2) is 7.07. The number of halogens is 1. The number of benzene rings is 1. The van der Waals surface area contributed by atoms with E-state index in [2.05, 4.69) is 9.88 Å². The summed E-state index contributed by atoms with van der Waals surface area (Å²) in [6.07, 6.45) is 0.857. The van der Waals surface area contributed by atoms with Gasteiger partial charge in [-0.15, -0.1) is 0 Å². The van der Waals surface area contributed by atoms with Crippen LogP contribution in [0, 0.1) is 0 Å². The van der Waals surface area contributed by atoms with Crippen LogP contribution in [-0.2, 0) is 6.54 Å². The average Bonchev–Trinajstić information content (AvgIpc) is 2.58. The normalized spacial score (nSPS) is 15.5. The quantitative estimate of drug-likeness (QED) is 0.894. The minimum absolute atomic E-state index is 0.153. The van der Waals surface area contributed by atoms with E-state index in [0.717, 1.165) is 16.7 Å². The van der Waals surface area contributed by atoms with Crippen LogP contribution in [0.2, 0.25) is 5.02 Å². The molecule has 0 unspecified atom stereocenters. The Morgan fingerprint density at radius 1 is 1.17 bits per heavy atom. The number of piperazine rings is 1. The molecule has 0 aliphatic carbocycles. The first-order valence-electron chi connectivity index (χ1n) is 7.71. The lowest BCUT2D eigenvalue weighted by atomic mass is 10.0. The summed E-state index contributed by atoms with van der Waals surface area (Å²) in [5, 5.41) is 9.66. The fraction of sp³-hybridized carbons (Fsp3) is 0.294. The molecule has 0 atom stereocenters. The molecular formula is C17H18ClN3O3. The third-order valence-corrected chi connectivity index (χ3v) is 4.45. The number of aromatic nitrogens is 1. The number of hydrogen-bond acceptors (Lipinski definition) is 3. The maximum atomic E-state index is 11.7. The van der Waals surface area contributed by atoms with Gasteiger partial charge >= 0.3 is 6.09 Å². The second-order valence-corrected chi connectivity index (χ2v) is 6.23. The van der Waals surface area contributed by atoms with Gasteiger partial charge in [0.2, 0.25) is 5.56 Å². The summed E-state index contributed by atoms with van der Waals surface area (Å²) in [7, 11) is 0. The van der Waals surface area contributed by atoms with Gasteiger partial charge in [-0.05, 0) is 28.8 Å². The van der Waals surface area contributed by atoms with Crippen molar-refractivity contribution in [3.05, 3.63) is 57.5 Å². The first-order valence-corrected chi connectivity index (χ1v) is 8.08. The minimum atomic E-state index is -0.874. The van der Waals surface area contributed by atoms with E-state index >= 15 is 0 Å². The van der Waals surface area contributed by atoms with E-state index in [4.69, 9.17) is 16.7 Å². The third kappa shape index (κ3) is 3.77. The van der Waals surface area contributed by atoms with Gasteiger partial charge in [0.25, 0.3) is 0 Å². The summed E-state index contributed by atoms with van der Waals surface area (Å²) >= 11 is 5.94. The predicted molar refractivity (Wildman–Crippen MR) is 92.4 cm³/mol. The summed E-state index contributed by atoms with van der Waals surface area (Å²) < 4.78 is 0. The van der Waals surface area contributed by atoms with E-state index in [0.29, 0.717) is 37.7 Å². The fourth-order valence-corrected chi connectivity index (χ4v) is 2.99. The zero-order valence-electron chi connectivity index (χ0n) is 13.0. The highest BCUT2D eigenvalue weighted by Crippen LogP contribution is 2.25. The molecule has 7 heteroatoms. The van der Waals surface area contributed by atoms with Gasteiger partial charge in [-0.3, -0.25) is 9.69 Å². The van der Waals surface area contributed by atoms with Crippen molar-refractivity contribution in [2.45, 2.75) is 6.54 Å². The molecule has 2 N–H and O–H groups in total. The smallest absolute Gasteiger partial charge is 0.407 e. The van der Waals surface area contributed by atoms with Gasteiger partial charge in [-0.25, -0.2) is 4.79 Å². The van der Waals surface area contributed by atoms with Gasteiger partial charge in [-0.1, -0.05) is 23.7 Å². The Labute approximate surface area is 144 Å². The Hall–Kier alpha value is -2.31. The summed E-state index contributed by atoms with van der Waals surface area (Å²) in [6.45, 7) is 2.99. The number of pyridine rings is 1. The molecule has 1 amide bonds. The lowest BCUT2D eigenvalue weighted by Gasteiger charge is -2.33. The molecule has 2 aromatic rings. The predicted octanol–water partition coefficient (Wildman–Crippen LogP) is 2.49. The number of carbonyl (C=O) groups is 1. The molecule has 3 rings (SSSR count). The first kappa shape index (κ1) is 16.5. The van der Waals surface area contributed by atoms with Gasteiger partial charge in [0.05, 0.1) is 0 Å². The van der Waals surface area contributed by atoms with Crippen molar-refractivity contribution in [3.8, 4) is 11.1 Å². The summed E-state index contributed by atoms with van der Waals surface area (Å²) in [6, 6.07) is 8.97. The number of hydrogen-bond donors (Lipinski definition) is 2. The molecule has 0 bridgehead atoms. The second-order valence-electron chi connectivity index (χ2n) is 5.79. The Morgan fingerprint density at radius 2 is 1.83 bits per heavy atom. The van der Waals surface area contributed by atoms with Crippen molar-refractivity contribution in [3.63, 3.8) is 0 Å². The molecule has 0 saturated carbocycles. The van der Waals surface area contributed by atoms with Gasteiger partial charge < -0.3 is 15.0 Å². The highest BCUT2D eigenvalue weighted by molar-refractivity contribution is 6.30. The van der Waals surface area contributed by atoms with Crippen LogP contribution in [0.3, 0.4) is 0 Å². The molecular weight excluding hydrogens is 330 g/mol. The molecule has 1 fully saturated rings. The molecule has 0 spiro atoms. The monoisotopic (exact) mass is 347 g/mol. The van der Waals surface area contributed by atoms with Gasteiger partial charge in [0.1, 0.15) is 0 Å². The van der Waals surface area contributed by atoms with Crippen LogP contribution in [0.1, 0.15) is 5.56 Å². The summed E-state index contributed by atoms with van der Waals surface area (Å²) in [5.41, 5.74) is 2.65. The minimum Gasteiger partial charge on any atom is -0.465 e. The Balaban J connectivity index is 1.80. The maximum Gasteiger partial charge on any atom is 0.407 e. The Morgan fingerprint density at radius 3 is 2.46 bits per heavy atom. The van der Waals surface area contributed by atoms with Crippen molar-refractivity contribution in [1.82, 2.24) is 14.8 Å². The topological polar surface area (TPSA) is 76.6 Å². The van der Waals surface area contributed by atoms with E-state index < -0.39 is 6.09 Å². The molecule has 1 aromatic heterocycles. The number of nitrogens with one attached hydrogen (secondary N) is 1. The fourth-order valence-electron chi connectivity index (χ4n) is 2.87. The number of carboxylic acid groups (broad SMARTS) is 1. The molecule has 0 radical (unpaired) electrons. The molecule has 1 aliphatic heterocycles. The molecule has 6 nitrogen and oxygen atoms in total. The lowest BCUT2D eigenvalue weighted by Crippen LogP contribution is -2.47. The van der Waals surface area contributed by atoms with Crippen LogP contribution in [0.25, 0.3) is 11.1 Å². The van der Waals surface area contributed by atoms with Crippen LogP contribution < -0.4 is 5.56 Å². The Kier molecular flexibility index (Phi) is 4.87. The number of aromatic amines is 1. The number of rotatable bonds is 3. The van der Waals surface area contributed by atoms with E-state index in [-0.39, 0.29) is 5.56 Å². The lowest BCUT2D eigenvalue weighted by molar-refractivity contribution is 0.103. The standard InChI is InChI=1S/C17H18ClN3O3/c18-14-3-1-12(2-4-14)15-9-16(22)19-10-13(15)11-20-5-7-21(8-6-20)17(23)24/h1-4,9-10H,5-8,11H2,(H,19,22)(H,23,24). The molecule has 1 aliphatic rings. The van der Waals surface area contributed by atoms with E-state index in [1.165, 1.54) is 4.90 Å². The average molecular weight is 348 g/mol. The van der Waals surface area contributed by atoms with Crippen LogP contribution in [0.4, 0.5) is 4.79 Å². The van der Waals surface area contributed by atoms with E-state index in [1.807, 2.05) is 12.1 Å². The number of amides is 1. The molecule has 24 heavy (non-hydrogen) atoms. The van der Waals surface area contributed by atoms with Crippen molar-refractivity contribution in [2.75, 3.05) is 26.2 Å². The van der Waals surface area contributed by atoms with Gasteiger partial charge in [0.15, 0.2) is 0 Å². The molecule has 1 saturated heterocycles. The van der Waals surface area contributed by atoms with Crippen molar-refractivity contribution in [2.24, 2.45) is 0 Å². The van der Waals surface area contributed by atoms with Gasteiger partial charge in [-0.2, -0.15) is 0 Å². The number of nitrogens with zero attached hydrogens (tertiary/aromatic N) is 2. The largest absolute Gasteiger partial charge is 0.465 e. The van der Waals surface area contributed by atoms with Crippen molar-refractivity contribution in [1.29, 1.82) is 0 Å². The van der Waals surface area contributed by atoms with Crippen LogP contribution in [0.15, 0.2) is 41.3 Å². The van der Waals surface area contributed by atoms with E-state index in [1.54, 1.807) is 24.4 Å². The first-order chi connectivity index (χ1) is 11.5. The van der Waals surface area contributed by atoms with Crippen LogP contribution in [-0.4, -0.2) is 52.2 Å². The zero-order chi connectivity index (χ0) is 17.1.